The molecule has 0 aliphatic carbocycles. The van der Waals surface area contributed by atoms with Crippen LogP contribution in [0.15, 0.2) is 150 Å². The van der Waals surface area contributed by atoms with Crippen LogP contribution in [0.1, 0.15) is 11.8 Å². The molecular formula is C43H26N2O2S2. The summed E-state index contributed by atoms with van der Waals surface area (Å²) in [7, 11) is 0. The van der Waals surface area contributed by atoms with Gasteiger partial charge in [0.2, 0.25) is 0 Å². The van der Waals surface area contributed by atoms with E-state index >= 15 is 0 Å². The van der Waals surface area contributed by atoms with Crippen LogP contribution in [-0.4, -0.2) is 0 Å². The summed E-state index contributed by atoms with van der Waals surface area (Å²) < 4.78 is 18.3. The van der Waals surface area contributed by atoms with Crippen LogP contribution in [0.25, 0.3) is 62.3 Å². The summed E-state index contributed by atoms with van der Waals surface area (Å²) in [5.41, 5.74) is 6.92. The molecule has 0 radical (unpaired) electrons. The molecule has 0 amide bonds. The second-order valence-corrected chi connectivity index (χ2v) is 14.7. The predicted molar refractivity (Wildman–Crippen MR) is 208 cm³/mol. The quantitative estimate of drug-likeness (QED) is 0.203. The van der Waals surface area contributed by atoms with Crippen LogP contribution in [0, 0.1) is 0 Å². The van der Waals surface area contributed by atoms with E-state index in [0.717, 1.165) is 56.0 Å². The average Bonchev–Trinajstić information content (AvgIpc) is 3.92. The van der Waals surface area contributed by atoms with Gasteiger partial charge in [0.15, 0.2) is 12.0 Å². The molecule has 1 N–H and O–H groups in total. The topological polar surface area (TPSA) is 37.6 Å². The molecule has 10 aromatic rings. The molecule has 1 atom stereocenters. The summed E-state index contributed by atoms with van der Waals surface area (Å²) in [4.78, 5) is 2.36. The number of nitrogens with one attached hydrogen (secondary N) is 1. The van der Waals surface area contributed by atoms with E-state index in [1.54, 1.807) is 0 Å². The minimum absolute atomic E-state index is 0.243. The summed E-state index contributed by atoms with van der Waals surface area (Å²) >= 11 is 3.68. The Kier molecular flexibility index (Phi) is 5.73. The van der Waals surface area contributed by atoms with E-state index in [1.165, 1.54) is 40.3 Å². The van der Waals surface area contributed by atoms with Gasteiger partial charge in [-0.05, 0) is 72.8 Å². The number of rotatable bonds is 4. The van der Waals surface area contributed by atoms with E-state index in [0.29, 0.717) is 0 Å². The highest BCUT2D eigenvalue weighted by molar-refractivity contribution is 7.26. The number of ether oxygens (including phenoxy) is 1. The van der Waals surface area contributed by atoms with E-state index < -0.39 is 0 Å². The molecule has 1 aliphatic heterocycles. The third-order valence-electron chi connectivity index (χ3n) is 9.69. The number of benzene rings is 7. The number of hydrogen-bond acceptors (Lipinski definition) is 6. The fraction of sp³-hybridized carbons (Fsp3) is 0.0233. The lowest BCUT2D eigenvalue weighted by molar-refractivity contribution is 0.263. The summed E-state index contributed by atoms with van der Waals surface area (Å²) in [6, 6.07) is 52.0. The van der Waals surface area contributed by atoms with E-state index in [1.807, 2.05) is 46.9 Å². The molecule has 4 heterocycles. The zero-order valence-electron chi connectivity index (χ0n) is 26.0. The number of fused-ring (bicyclic) bond motifs is 11. The highest BCUT2D eigenvalue weighted by Crippen LogP contribution is 2.49. The van der Waals surface area contributed by atoms with Crippen molar-refractivity contribution in [2.75, 3.05) is 10.2 Å². The molecule has 3 aromatic heterocycles. The van der Waals surface area contributed by atoms with Crippen molar-refractivity contribution in [3.63, 3.8) is 0 Å². The van der Waals surface area contributed by atoms with Crippen LogP contribution in [0.5, 0.6) is 5.75 Å². The molecule has 49 heavy (non-hydrogen) atoms. The zero-order chi connectivity index (χ0) is 32.1. The van der Waals surface area contributed by atoms with Gasteiger partial charge in [0.05, 0.1) is 11.1 Å². The molecule has 6 heteroatoms. The van der Waals surface area contributed by atoms with E-state index in [4.69, 9.17) is 9.15 Å². The van der Waals surface area contributed by atoms with Crippen LogP contribution in [0.2, 0.25) is 0 Å². The SMILES string of the molecule is c1ccc(C2Nc3ccc4oc5cc(N(c6ccc7sc8ccccc8c7c6)c6ccc7sc8ccccc8c7c6)ccc5c4c3O2)cc1. The fourth-order valence-corrected chi connectivity index (χ4v) is 9.59. The molecule has 232 valence electrons. The van der Waals surface area contributed by atoms with Gasteiger partial charge in [-0.3, -0.25) is 0 Å². The minimum atomic E-state index is -0.243. The van der Waals surface area contributed by atoms with Crippen molar-refractivity contribution in [2.24, 2.45) is 0 Å². The lowest BCUT2D eigenvalue weighted by Gasteiger charge is -2.26. The highest BCUT2D eigenvalue weighted by Gasteiger charge is 2.28. The van der Waals surface area contributed by atoms with Gasteiger partial charge in [0.1, 0.15) is 11.2 Å². The van der Waals surface area contributed by atoms with Gasteiger partial charge in [-0.15, -0.1) is 22.7 Å². The summed E-state index contributed by atoms with van der Waals surface area (Å²) in [5.74, 6) is 0.833. The Morgan fingerprint density at radius 2 is 1.08 bits per heavy atom. The molecule has 0 fully saturated rings. The molecule has 0 saturated carbocycles. The maximum absolute atomic E-state index is 6.58. The Morgan fingerprint density at radius 1 is 0.490 bits per heavy atom. The average molecular weight is 667 g/mol. The maximum atomic E-state index is 6.58. The van der Waals surface area contributed by atoms with Gasteiger partial charge in [-0.2, -0.15) is 0 Å². The molecule has 7 aromatic carbocycles. The highest BCUT2D eigenvalue weighted by atomic mass is 32.1. The number of hydrogen-bond donors (Lipinski definition) is 1. The van der Waals surface area contributed by atoms with E-state index in [9.17, 15) is 0 Å². The fourth-order valence-electron chi connectivity index (χ4n) is 7.42. The van der Waals surface area contributed by atoms with Crippen LogP contribution in [-0.2, 0) is 0 Å². The smallest absolute Gasteiger partial charge is 0.196 e. The Bertz CT molecular complexity index is 2810. The van der Waals surface area contributed by atoms with Crippen LogP contribution in [0.4, 0.5) is 22.7 Å². The van der Waals surface area contributed by atoms with Crippen molar-refractivity contribution in [2.45, 2.75) is 6.23 Å². The first-order valence-electron chi connectivity index (χ1n) is 16.4. The predicted octanol–water partition coefficient (Wildman–Crippen LogP) is 13.3. The summed E-state index contributed by atoms with van der Waals surface area (Å²) in [5, 5.41) is 10.7. The van der Waals surface area contributed by atoms with E-state index in [-0.39, 0.29) is 6.23 Å². The Labute approximate surface area is 289 Å². The second kappa shape index (κ2) is 10.3. The Morgan fingerprint density at radius 3 is 1.78 bits per heavy atom. The monoisotopic (exact) mass is 666 g/mol. The van der Waals surface area contributed by atoms with Gasteiger partial charge in [-0.25, -0.2) is 0 Å². The van der Waals surface area contributed by atoms with Gasteiger partial charge < -0.3 is 19.4 Å². The molecule has 0 spiro atoms. The first-order chi connectivity index (χ1) is 24.2. The second-order valence-electron chi connectivity index (χ2n) is 12.5. The number of furan rings is 1. The van der Waals surface area contributed by atoms with Crippen molar-refractivity contribution < 1.29 is 9.15 Å². The third kappa shape index (κ3) is 4.14. The Balaban J connectivity index is 1.10. The lowest BCUT2D eigenvalue weighted by atomic mass is 10.1. The number of nitrogens with zero attached hydrogens (tertiary/aromatic N) is 1. The standard InChI is InChI=1S/C43H26N2O2S2/c1-2-8-25(9-3-1)43-44-34-18-19-35-41(42(34)47-43)31-17-14-28(24-36(31)46-35)45(26-15-20-39-32(22-26)29-10-4-6-12-37(29)48-39)27-16-21-40-33(23-27)30-11-5-7-13-38(30)49-40/h1-24,43-44H. The van der Waals surface area contributed by atoms with Gasteiger partial charge >= 0.3 is 0 Å². The van der Waals surface area contributed by atoms with Crippen molar-refractivity contribution >= 4 is 108 Å². The molecule has 1 unspecified atom stereocenters. The van der Waals surface area contributed by atoms with Gasteiger partial charge in [-0.1, -0.05) is 66.7 Å². The maximum Gasteiger partial charge on any atom is 0.196 e. The third-order valence-corrected chi connectivity index (χ3v) is 12.0. The zero-order valence-corrected chi connectivity index (χ0v) is 27.6. The Hall–Kier alpha value is -5.82. The van der Waals surface area contributed by atoms with Crippen LogP contribution in [0.3, 0.4) is 0 Å². The molecule has 0 saturated heterocycles. The molecule has 0 bridgehead atoms. The summed E-state index contributed by atoms with van der Waals surface area (Å²) in [6.07, 6.45) is -0.243. The lowest BCUT2D eigenvalue weighted by Crippen LogP contribution is -2.09. The van der Waals surface area contributed by atoms with Crippen molar-refractivity contribution in [3.05, 3.63) is 151 Å². The van der Waals surface area contributed by atoms with Crippen molar-refractivity contribution in [1.29, 1.82) is 0 Å². The largest absolute Gasteiger partial charge is 0.464 e. The van der Waals surface area contributed by atoms with Crippen molar-refractivity contribution in [1.82, 2.24) is 0 Å². The normalized spacial score (nSPS) is 14.2. The molecule has 4 nitrogen and oxygen atoms in total. The first-order valence-corrected chi connectivity index (χ1v) is 18.0. The molecule has 1 aliphatic rings. The van der Waals surface area contributed by atoms with Crippen LogP contribution < -0.4 is 15.0 Å². The number of anilines is 4. The first kappa shape index (κ1) is 27.2. The summed E-state index contributed by atoms with van der Waals surface area (Å²) in [6.45, 7) is 0. The van der Waals surface area contributed by atoms with Gasteiger partial charge in [0, 0.05) is 74.4 Å². The van der Waals surface area contributed by atoms with E-state index in [2.05, 4.69) is 132 Å². The van der Waals surface area contributed by atoms with Gasteiger partial charge in [0.25, 0.3) is 0 Å². The minimum Gasteiger partial charge on any atom is -0.464 e. The van der Waals surface area contributed by atoms with Crippen molar-refractivity contribution in [3.8, 4) is 5.75 Å². The number of thiophene rings is 2. The van der Waals surface area contributed by atoms with Crippen LogP contribution >= 0.6 is 22.7 Å². The molecular weight excluding hydrogens is 641 g/mol. The molecule has 11 rings (SSSR count).